The molecule has 0 aliphatic heterocycles. The van der Waals surface area contributed by atoms with Crippen LogP contribution in [0.4, 0.5) is 5.13 Å². The number of carbonyl (C=O) groups is 1. The van der Waals surface area contributed by atoms with Crippen LogP contribution in [-0.2, 0) is 11.3 Å². The monoisotopic (exact) mass is 376 g/mol. The molecule has 1 heterocycles. The van der Waals surface area contributed by atoms with E-state index in [4.69, 9.17) is 0 Å². The first-order chi connectivity index (χ1) is 11.9. The molecule has 0 radical (unpaired) electrons. The molecule has 5 nitrogen and oxygen atoms in total. The fraction of sp³-hybridized carbons (Fsp3) is 0.500. The molecule has 0 bridgehead atoms. The molecule has 3 rings (SSSR count). The van der Waals surface area contributed by atoms with E-state index in [1.165, 1.54) is 35.9 Å². The number of anilines is 1. The zero-order valence-corrected chi connectivity index (χ0v) is 16.5. The lowest BCUT2D eigenvalue weighted by Crippen LogP contribution is -2.45. The van der Waals surface area contributed by atoms with Crippen LogP contribution in [0.15, 0.2) is 34.7 Å². The zero-order valence-electron chi connectivity index (χ0n) is 14.9. The Balaban J connectivity index is 1.58. The number of hydrogen-bond acceptors (Lipinski definition) is 6. The highest BCUT2D eigenvalue weighted by molar-refractivity contribution is 8.01. The molecule has 7 heteroatoms. The number of hydrogen-bond donors (Lipinski definition) is 1. The number of nitrogens with one attached hydrogen (secondary N) is 1. The van der Waals surface area contributed by atoms with Crippen molar-refractivity contribution in [2.45, 2.75) is 56.1 Å². The third kappa shape index (κ3) is 5.44. The van der Waals surface area contributed by atoms with Crippen molar-refractivity contribution in [3.63, 3.8) is 0 Å². The maximum Gasteiger partial charge on any atom is 0.233 e. The number of nitrogens with zero attached hydrogens (tertiary/aromatic N) is 3. The van der Waals surface area contributed by atoms with Gasteiger partial charge in [0.1, 0.15) is 0 Å². The van der Waals surface area contributed by atoms with Crippen LogP contribution in [0.3, 0.4) is 0 Å². The fourth-order valence-corrected chi connectivity index (χ4v) is 4.10. The number of aromatic nitrogens is 2. The minimum absolute atomic E-state index is 0.119. The molecule has 2 aromatic rings. The minimum Gasteiger partial charge on any atom is -0.357 e. The van der Waals surface area contributed by atoms with Gasteiger partial charge in [-0.25, -0.2) is 0 Å². The highest BCUT2D eigenvalue weighted by Crippen LogP contribution is 2.30. The third-order valence-corrected chi connectivity index (χ3v) is 5.90. The lowest BCUT2D eigenvalue weighted by Gasteiger charge is -2.36. The van der Waals surface area contributed by atoms with E-state index in [9.17, 15) is 4.79 Å². The van der Waals surface area contributed by atoms with Crippen LogP contribution in [0.25, 0.3) is 0 Å². The average molecular weight is 377 g/mol. The van der Waals surface area contributed by atoms with Gasteiger partial charge in [0.25, 0.3) is 0 Å². The molecule has 25 heavy (non-hydrogen) atoms. The van der Waals surface area contributed by atoms with Crippen LogP contribution >= 0.6 is 23.1 Å². The van der Waals surface area contributed by atoms with Gasteiger partial charge < -0.3 is 10.2 Å². The van der Waals surface area contributed by atoms with E-state index in [0.29, 0.717) is 18.3 Å². The summed E-state index contributed by atoms with van der Waals surface area (Å²) in [6.07, 6.45) is 2.42. The first-order valence-corrected chi connectivity index (χ1v) is 10.3. The van der Waals surface area contributed by atoms with E-state index < -0.39 is 0 Å². The molecule has 1 fully saturated rings. The van der Waals surface area contributed by atoms with E-state index in [0.717, 1.165) is 15.0 Å². The molecule has 0 atom stereocenters. The summed E-state index contributed by atoms with van der Waals surface area (Å²) in [5.74, 6) is 0.496. The van der Waals surface area contributed by atoms with Crippen molar-refractivity contribution in [1.29, 1.82) is 0 Å². The molecule has 1 aliphatic rings. The Labute approximate surface area is 157 Å². The molecule has 134 valence electrons. The van der Waals surface area contributed by atoms with Crippen molar-refractivity contribution < 1.29 is 4.79 Å². The molecule has 0 spiro atoms. The molecule has 1 aromatic heterocycles. The first-order valence-electron chi connectivity index (χ1n) is 8.49. The molecule has 1 N–H and O–H groups in total. The summed E-state index contributed by atoms with van der Waals surface area (Å²) in [6, 6.07) is 10.7. The summed E-state index contributed by atoms with van der Waals surface area (Å²) < 4.78 is 0.838. The second kappa shape index (κ2) is 7.74. The van der Waals surface area contributed by atoms with E-state index >= 15 is 0 Å². The molecule has 1 aliphatic carbocycles. The van der Waals surface area contributed by atoms with Gasteiger partial charge in [-0.15, -0.1) is 10.2 Å². The number of rotatable bonds is 7. The fourth-order valence-electron chi connectivity index (χ4n) is 2.40. The van der Waals surface area contributed by atoms with Crippen molar-refractivity contribution >= 4 is 34.1 Å². The topological polar surface area (TPSA) is 58.1 Å². The summed E-state index contributed by atoms with van der Waals surface area (Å²) in [5.41, 5.74) is 0.912. The summed E-state index contributed by atoms with van der Waals surface area (Å²) in [5, 5.41) is 12.5. The van der Waals surface area contributed by atoms with Crippen LogP contribution < -0.4 is 5.32 Å². The van der Waals surface area contributed by atoms with E-state index in [1.54, 1.807) is 0 Å². The first kappa shape index (κ1) is 18.2. The Morgan fingerprint density at radius 2 is 2.00 bits per heavy atom. The van der Waals surface area contributed by atoms with Gasteiger partial charge in [0.15, 0.2) is 4.34 Å². The van der Waals surface area contributed by atoms with Gasteiger partial charge in [0.2, 0.25) is 11.0 Å². The lowest BCUT2D eigenvalue weighted by atomic mass is 10.0. The Kier molecular flexibility index (Phi) is 5.64. The standard InChI is InChI=1S/C18H24N4OS2/c1-18(2,3)22(11-13-7-5-4-6-8-13)15(23)12-24-17-21-20-16(25-17)19-14-9-10-14/h4-8,14H,9-12H2,1-3H3,(H,19,20). The second-order valence-corrected chi connectivity index (χ2v) is 9.42. The maximum absolute atomic E-state index is 12.8. The second-order valence-electron chi connectivity index (χ2n) is 7.22. The third-order valence-electron chi connectivity index (χ3n) is 3.92. The van der Waals surface area contributed by atoms with E-state index in [2.05, 4.69) is 48.4 Å². The number of benzene rings is 1. The quantitative estimate of drug-likeness (QED) is 0.739. The smallest absolute Gasteiger partial charge is 0.233 e. The summed E-state index contributed by atoms with van der Waals surface area (Å²) in [7, 11) is 0. The molecule has 0 saturated heterocycles. The van der Waals surface area contributed by atoms with Crippen LogP contribution in [-0.4, -0.2) is 38.3 Å². The summed E-state index contributed by atoms with van der Waals surface area (Å²) in [4.78, 5) is 14.7. The van der Waals surface area contributed by atoms with Gasteiger partial charge in [-0.05, 0) is 39.2 Å². The Hall–Kier alpha value is -1.60. The van der Waals surface area contributed by atoms with Crippen molar-refractivity contribution in [1.82, 2.24) is 15.1 Å². The van der Waals surface area contributed by atoms with Gasteiger partial charge in [-0.1, -0.05) is 53.4 Å². The van der Waals surface area contributed by atoms with Crippen LogP contribution in [0.1, 0.15) is 39.2 Å². The van der Waals surface area contributed by atoms with Crippen molar-refractivity contribution in [2.75, 3.05) is 11.1 Å². The van der Waals surface area contributed by atoms with E-state index in [1.807, 2.05) is 23.1 Å². The van der Waals surface area contributed by atoms with Crippen LogP contribution in [0.2, 0.25) is 0 Å². The zero-order chi connectivity index (χ0) is 17.9. The highest BCUT2D eigenvalue weighted by atomic mass is 32.2. The Morgan fingerprint density at radius 3 is 2.64 bits per heavy atom. The Morgan fingerprint density at radius 1 is 1.28 bits per heavy atom. The predicted molar refractivity (Wildman–Crippen MR) is 104 cm³/mol. The van der Waals surface area contributed by atoms with Gasteiger partial charge in [0.05, 0.1) is 5.75 Å². The lowest BCUT2D eigenvalue weighted by molar-refractivity contribution is -0.133. The normalized spacial score (nSPS) is 14.4. The molecule has 1 amide bonds. The number of carbonyl (C=O) groups excluding carboxylic acids is 1. The SMILES string of the molecule is CC(C)(C)N(Cc1ccccc1)C(=O)CSc1nnc(NC2CC2)s1. The average Bonchev–Trinajstić information content (AvgIpc) is 3.27. The molecular weight excluding hydrogens is 352 g/mol. The van der Waals surface area contributed by atoms with Gasteiger partial charge in [-0.2, -0.15) is 0 Å². The van der Waals surface area contributed by atoms with Crippen molar-refractivity contribution in [3.8, 4) is 0 Å². The van der Waals surface area contributed by atoms with Crippen LogP contribution in [0.5, 0.6) is 0 Å². The summed E-state index contributed by atoms with van der Waals surface area (Å²) in [6.45, 7) is 6.83. The maximum atomic E-state index is 12.8. The van der Waals surface area contributed by atoms with Gasteiger partial charge >= 0.3 is 0 Å². The van der Waals surface area contributed by atoms with E-state index in [-0.39, 0.29) is 11.4 Å². The Bertz CT molecular complexity index is 707. The number of amides is 1. The number of thioether (sulfide) groups is 1. The largest absolute Gasteiger partial charge is 0.357 e. The van der Waals surface area contributed by atoms with Crippen molar-refractivity contribution in [3.05, 3.63) is 35.9 Å². The van der Waals surface area contributed by atoms with Crippen molar-refractivity contribution in [2.24, 2.45) is 0 Å². The molecule has 0 unspecified atom stereocenters. The molecular formula is C18H24N4OS2. The molecule has 1 aromatic carbocycles. The summed E-state index contributed by atoms with van der Waals surface area (Å²) >= 11 is 2.99. The minimum atomic E-state index is -0.229. The van der Waals surface area contributed by atoms with Crippen LogP contribution in [0, 0.1) is 0 Å². The highest BCUT2D eigenvalue weighted by Gasteiger charge is 2.27. The van der Waals surface area contributed by atoms with Gasteiger partial charge in [-0.3, -0.25) is 4.79 Å². The predicted octanol–water partition coefficient (Wildman–Crippen LogP) is 4.03. The van der Waals surface area contributed by atoms with Gasteiger partial charge in [0, 0.05) is 18.1 Å². The molecule has 1 saturated carbocycles.